The van der Waals surface area contributed by atoms with Crippen LogP contribution in [0.3, 0.4) is 0 Å². The highest BCUT2D eigenvalue weighted by atomic mass is 35.5. The van der Waals surface area contributed by atoms with Crippen molar-refractivity contribution in [2.45, 2.75) is 13.0 Å². The SMILES string of the molecule is Fc1ccccc1CNCCc1ccc(Cl)cc1Cl. The lowest BCUT2D eigenvalue weighted by molar-refractivity contribution is 0.588. The normalized spacial score (nSPS) is 10.7. The van der Waals surface area contributed by atoms with Crippen LogP contribution >= 0.6 is 23.2 Å². The molecule has 0 aliphatic rings. The number of rotatable bonds is 5. The van der Waals surface area contributed by atoms with E-state index in [1.54, 1.807) is 18.2 Å². The zero-order valence-electron chi connectivity index (χ0n) is 10.3. The van der Waals surface area contributed by atoms with Gasteiger partial charge in [-0.25, -0.2) is 4.39 Å². The van der Waals surface area contributed by atoms with Crippen molar-refractivity contribution in [3.63, 3.8) is 0 Å². The van der Waals surface area contributed by atoms with E-state index in [2.05, 4.69) is 5.32 Å². The van der Waals surface area contributed by atoms with Gasteiger partial charge in [-0.15, -0.1) is 0 Å². The first-order chi connectivity index (χ1) is 9.16. The third kappa shape index (κ3) is 4.20. The maximum atomic E-state index is 13.4. The Bertz CT molecular complexity index is 558. The lowest BCUT2D eigenvalue weighted by Crippen LogP contribution is -2.17. The van der Waals surface area contributed by atoms with Crippen LogP contribution in [0.4, 0.5) is 4.39 Å². The standard InChI is InChI=1S/C15H14Cl2FN/c16-13-6-5-11(14(17)9-13)7-8-19-10-12-3-1-2-4-15(12)18/h1-6,9,19H,7-8,10H2. The average Bonchev–Trinajstić information content (AvgIpc) is 2.38. The molecule has 0 atom stereocenters. The molecule has 1 nitrogen and oxygen atoms in total. The molecule has 4 heteroatoms. The predicted molar refractivity (Wildman–Crippen MR) is 78.3 cm³/mol. The molecule has 0 amide bonds. The van der Waals surface area contributed by atoms with Crippen molar-refractivity contribution in [1.29, 1.82) is 0 Å². The molecule has 0 fully saturated rings. The van der Waals surface area contributed by atoms with Gasteiger partial charge < -0.3 is 5.32 Å². The van der Waals surface area contributed by atoms with Gasteiger partial charge in [0, 0.05) is 22.2 Å². The van der Waals surface area contributed by atoms with E-state index in [0.717, 1.165) is 18.5 Å². The number of hydrogen-bond acceptors (Lipinski definition) is 1. The topological polar surface area (TPSA) is 12.0 Å². The van der Waals surface area contributed by atoms with Crippen molar-refractivity contribution in [2.75, 3.05) is 6.54 Å². The van der Waals surface area contributed by atoms with Crippen molar-refractivity contribution >= 4 is 23.2 Å². The minimum atomic E-state index is -0.181. The summed E-state index contributed by atoms with van der Waals surface area (Å²) < 4.78 is 13.4. The highest BCUT2D eigenvalue weighted by Crippen LogP contribution is 2.21. The van der Waals surface area contributed by atoms with Crippen molar-refractivity contribution < 1.29 is 4.39 Å². The third-order valence-corrected chi connectivity index (χ3v) is 3.45. The van der Waals surface area contributed by atoms with Gasteiger partial charge in [-0.05, 0) is 36.7 Å². The first-order valence-corrected chi connectivity index (χ1v) is 6.80. The van der Waals surface area contributed by atoms with Crippen LogP contribution in [0.1, 0.15) is 11.1 Å². The van der Waals surface area contributed by atoms with Gasteiger partial charge in [-0.3, -0.25) is 0 Å². The molecule has 2 aromatic carbocycles. The Hall–Kier alpha value is -1.09. The zero-order chi connectivity index (χ0) is 13.7. The molecular weight excluding hydrogens is 284 g/mol. The molecular formula is C15H14Cl2FN. The van der Waals surface area contributed by atoms with Crippen molar-refractivity contribution in [3.05, 3.63) is 69.5 Å². The van der Waals surface area contributed by atoms with Crippen molar-refractivity contribution in [2.24, 2.45) is 0 Å². The van der Waals surface area contributed by atoms with E-state index in [0.29, 0.717) is 22.2 Å². The van der Waals surface area contributed by atoms with E-state index in [-0.39, 0.29) is 5.82 Å². The molecule has 0 unspecified atom stereocenters. The molecule has 100 valence electrons. The highest BCUT2D eigenvalue weighted by Gasteiger charge is 2.02. The molecule has 0 heterocycles. The fourth-order valence-electron chi connectivity index (χ4n) is 1.81. The minimum Gasteiger partial charge on any atom is -0.312 e. The molecule has 0 saturated heterocycles. The van der Waals surface area contributed by atoms with Crippen LogP contribution in [-0.4, -0.2) is 6.54 Å². The molecule has 2 aromatic rings. The van der Waals surface area contributed by atoms with Crippen LogP contribution in [0.15, 0.2) is 42.5 Å². The van der Waals surface area contributed by atoms with Gasteiger partial charge in [0.2, 0.25) is 0 Å². The molecule has 0 aliphatic carbocycles. The average molecular weight is 298 g/mol. The van der Waals surface area contributed by atoms with Crippen LogP contribution in [0.5, 0.6) is 0 Å². The van der Waals surface area contributed by atoms with E-state index in [9.17, 15) is 4.39 Å². The maximum absolute atomic E-state index is 13.4. The van der Waals surface area contributed by atoms with Gasteiger partial charge in [-0.1, -0.05) is 47.5 Å². The van der Waals surface area contributed by atoms with Crippen LogP contribution in [-0.2, 0) is 13.0 Å². The summed E-state index contributed by atoms with van der Waals surface area (Å²) in [5.74, 6) is -0.181. The van der Waals surface area contributed by atoms with Crippen LogP contribution in [0, 0.1) is 5.82 Å². The van der Waals surface area contributed by atoms with Crippen LogP contribution < -0.4 is 5.32 Å². The lowest BCUT2D eigenvalue weighted by atomic mass is 10.1. The van der Waals surface area contributed by atoms with E-state index in [4.69, 9.17) is 23.2 Å². The predicted octanol–water partition coefficient (Wildman–Crippen LogP) is 4.46. The first kappa shape index (κ1) is 14.3. The Morgan fingerprint density at radius 3 is 2.53 bits per heavy atom. The summed E-state index contributed by atoms with van der Waals surface area (Å²) in [6, 6.07) is 12.2. The highest BCUT2D eigenvalue weighted by molar-refractivity contribution is 6.35. The van der Waals surface area contributed by atoms with Crippen molar-refractivity contribution in [1.82, 2.24) is 5.32 Å². The van der Waals surface area contributed by atoms with E-state index >= 15 is 0 Å². The largest absolute Gasteiger partial charge is 0.312 e. The molecule has 0 spiro atoms. The second-order valence-electron chi connectivity index (χ2n) is 4.25. The summed E-state index contributed by atoms with van der Waals surface area (Å²) in [5, 5.41) is 4.50. The summed E-state index contributed by atoms with van der Waals surface area (Å²) in [6.07, 6.45) is 0.782. The Kier molecular flexibility index (Phi) is 5.20. The summed E-state index contributed by atoms with van der Waals surface area (Å²) in [7, 11) is 0. The molecule has 0 bridgehead atoms. The molecule has 19 heavy (non-hydrogen) atoms. The second-order valence-corrected chi connectivity index (χ2v) is 5.10. The smallest absolute Gasteiger partial charge is 0.127 e. The number of hydrogen-bond donors (Lipinski definition) is 1. The van der Waals surface area contributed by atoms with Crippen LogP contribution in [0.25, 0.3) is 0 Å². The molecule has 0 radical (unpaired) electrons. The molecule has 0 aliphatic heterocycles. The Balaban J connectivity index is 1.83. The van der Waals surface area contributed by atoms with Gasteiger partial charge in [0.25, 0.3) is 0 Å². The van der Waals surface area contributed by atoms with E-state index in [1.807, 2.05) is 18.2 Å². The number of nitrogens with one attached hydrogen (secondary N) is 1. The summed E-state index contributed by atoms with van der Waals surface area (Å²) >= 11 is 11.9. The second kappa shape index (κ2) is 6.90. The monoisotopic (exact) mass is 297 g/mol. The van der Waals surface area contributed by atoms with Gasteiger partial charge in [-0.2, -0.15) is 0 Å². The summed E-state index contributed by atoms with van der Waals surface area (Å²) in [6.45, 7) is 1.24. The van der Waals surface area contributed by atoms with Crippen LogP contribution in [0.2, 0.25) is 10.0 Å². The van der Waals surface area contributed by atoms with Gasteiger partial charge in [0.15, 0.2) is 0 Å². The van der Waals surface area contributed by atoms with Crippen molar-refractivity contribution in [3.8, 4) is 0 Å². The van der Waals surface area contributed by atoms with E-state index < -0.39 is 0 Å². The van der Waals surface area contributed by atoms with Gasteiger partial charge in [0.1, 0.15) is 5.82 Å². The maximum Gasteiger partial charge on any atom is 0.127 e. The molecule has 1 N–H and O–H groups in total. The number of benzene rings is 2. The molecule has 2 rings (SSSR count). The zero-order valence-corrected chi connectivity index (χ0v) is 11.8. The Morgan fingerprint density at radius 2 is 1.79 bits per heavy atom. The lowest BCUT2D eigenvalue weighted by Gasteiger charge is -2.07. The molecule has 0 aromatic heterocycles. The third-order valence-electron chi connectivity index (χ3n) is 2.86. The summed E-state index contributed by atoms with van der Waals surface area (Å²) in [4.78, 5) is 0. The quantitative estimate of drug-likeness (QED) is 0.803. The van der Waals surface area contributed by atoms with Gasteiger partial charge >= 0.3 is 0 Å². The Labute approximate surface area is 122 Å². The number of halogens is 3. The fraction of sp³-hybridized carbons (Fsp3) is 0.200. The molecule has 0 saturated carbocycles. The fourth-order valence-corrected chi connectivity index (χ4v) is 2.32. The Morgan fingerprint density at radius 1 is 1.00 bits per heavy atom. The van der Waals surface area contributed by atoms with Gasteiger partial charge in [0.05, 0.1) is 0 Å². The summed E-state index contributed by atoms with van der Waals surface area (Å²) in [5.41, 5.74) is 1.71. The minimum absolute atomic E-state index is 0.181. The van der Waals surface area contributed by atoms with E-state index in [1.165, 1.54) is 6.07 Å². The first-order valence-electron chi connectivity index (χ1n) is 6.05.